The molecule has 3 heterocycles. The lowest BCUT2D eigenvalue weighted by Crippen LogP contribution is -2.50. The number of likely N-dealkylation sites (N-methyl/N-ethyl adjacent to an activating group) is 1. The molecule has 0 radical (unpaired) electrons. The maximum Gasteiger partial charge on any atom is 0.410 e. The van der Waals surface area contributed by atoms with Gasteiger partial charge in [0.15, 0.2) is 0 Å². The smallest absolute Gasteiger partial charge is 0.410 e. The SMILES string of the molecule is CNC(=O)C(CCC=O)N1C(=O)c2cnc(N3CCN(C(=O)OC(C)(C)C)CC3)cc2C1=O. The predicted octanol–water partition coefficient (Wildman–Crippen LogP) is 0.828. The number of fused-ring (bicyclic) bond motifs is 1. The van der Waals surface area contributed by atoms with E-state index in [1.165, 1.54) is 13.2 Å². The van der Waals surface area contributed by atoms with E-state index in [1.807, 2.05) is 25.7 Å². The van der Waals surface area contributed by atoms with Gasteiger partial charge in [-0.25, -0.2) is 9.78 Å². The van der Waals surface area contributed by atoms with Crippen LogP contribution in [0.1, 0.15) is 54.3 Å². The minimum absolute atomic E-state index is 0.0386. The van der Waals surface area contributed by atoms with Crippen LogP contribution >= 0.6 is 0 Å². The summed E-state index contributed by atoms with van der Waals surface area (Å²) in [4.78, 5) is 70.1. The second-order valence-electron chi connectivity index (χ2n) is 8.90. The van der Waals surface area contributed by atoms with Crippen LogP contribution in [0, 0.1) is 0 Å². The summed E-state index contributed by atoms with van der Waals surface area (Å²) in [6.07, 6.45) is 1.69. The number of rotatable bonds is 6. The van der Waals surface area contributed by atoms with E-state index < -0.39 is 29.4 Å². The second-order valence-corrected chi connectivity index (χ2v) is 8.90. The van der Waals surface area contributed by atoms with Gasteiger partial charge in [-0.2, -0.15) is 0 Å². The first-order valence-corrected chi connectivity index (χ1v) is 10.8. The molecule has 178 valence electrons. The number of aldehydes is 1. The van der Waals surface area contributed by atoms with Crippen molar-refractivity contribution >= 4 is 35.9 Å². The van der Waals surface area contributed by atoms with E-state index in [-0.39, 0.29) is 30.1 Å². The van der Waals surface area contributed by atoms with E-state index in [2.05, 4.69) is 10.3 Å². The highest BCUT2D eigenvalue weighted by Gasteiger charge is 2.43. The molecule has 0 saturated carbocycles. The number of ether oxygens (including phenoxy) is 1. The number of carbonyl (C=O) groups is 5. The summed E-state index contributed by atoms with van der Waals surface area (Å²) in [5, 5.41) is 2.44. The molecular weight excluding hydrogens is 430 g/mol. The molecule has 0 bridgehead atoms. The van der Waals surface area contributed by atoms with Crippen molar-refractivity contribution in [1.82, 2.24) is 20.1 Å². The molecule has 1 aromatic heterocycles. The molecule has 11 heteroatoms. The van der Waals surface area contributed by atoms with E-state index in [9.17, 15) is 24.0 Å². The number of piperazine rings is 1. The minimum atomic E-state index is -1.08. The van der Waals surface area contributed by atoms with Gasteiger partial charge in [-0.15, -0.1) is 0 Å². The minimum Gasteiger partial charge on any atom is -0.444 e. The number of imide groups is 1. The first kappa shape index (κ1) is 24.1. The van der Waals surface area contributed by atoms with Crippen molar-refractivity contribution in [2.45, 2.75) is 45.3 Å². The maximum atomic E-state index is 13.1. The zero-order chi connectivity index (χ0) is 24.3. The third-order valence-electron chi connectivity index (χ3n) is 5.46. The summed E-state index contributed by atoms with van der Waals surface area (Å²) in [6, 6.07) is 0.465. The maximum absolute atomic E-state index is 13.1. The molecule has 0 aliphatic carbocycles. The van der Waals surface area contributed by atoms with Gasteiger partial charge < -0.3 is 24.6 Å². The molecule has 2 aliphatic heterocycles. The van der Waals surface area contributed by atoms with Crippen molar-refractivity contribution in [1.29, 1.82) is 0 Å². The van der Waals surface area contributed by atoms with Crippen LogP contribution in [0.2, 0.25) is 0 Å². The molecule has 1 fully saturated rings. The quantitative estimate of drug-likeness (QED) is 0.489. The number of nitrogens with zero attached hydrogens (tertiary/aromatic N) is 4. The van der Waals surface area contributed by atoms with Crippen LogP contribution < -0.4 is 10.2 Å². The molecule has 0 spiro atoms. The Balaban J connectivity index is 1.74. The third-order valence-corrected chi connectivity index (χ3v) is 5.46. The van der Waals surface area contributed by atoms with Gasteiger partial charge in [-0.3, -0.25) is 19.3 Å². The molecule has 3 rings (SSSR count). The van der Waals surface area contributed by atoms with Crippen LogP contribution in [0.4, 0.5) is 10.6 Å². The standard InChI is InChI=1S/C22H29N5O6/c1-22(2,3)33-21(32)26-9-7-25(8-10-26)17-12-14-15(13-24-17)20(31)27(19(14)30)16(6-5-11-28)18(29)23-4/h11-13,16H,5-10H2,1-4H3,(H,23,29). The second kappa shape index (κ2) is 9.55. The Morgan fingerprint density at radius 3 is 2.36 bits per heavy atom. The van der Waals surface area contributed by atoms with Crippen LogP contribution in [0.3, 0.4) is 0 Å². The van der Waals surface area contributed by atoms with Crippen molar-refractivity contribution in [3.8, 4) is 0 Å². The summed E-state index contributed by atoms with van der Waals surface area (Å²) in [5.41, 5.74) is -0.289. The number of amides is 4. The molecule has 4 amide bonds. The highest BCUT2D eigenvalue weighted by Crippen LogP contribution is 2.29. The lowest BCUT2D eigenvalue weighted by atomic mass is 10.1. The predicted molar refractivity (Wildman–Crippen MR) is 118 cm³/mol. The number of aromatic nitrogens is 1. The Morgan fingerprint density at radius 2 is 1.79 bits per heavy atom. The highest BCUT2D eigenvalue weighted by molar-refractivity contribution is 6.23. The summed E-state index contributed by atoms with van der Waals surface area (Å²) < 4.78 is 5.41. The Labute approximate surface area is 192 Å². The van der Waals surface area contributed by atoms with Gasteiger partial charge in [0.2, 0.25) is 5.91 Å². The summed E-state index contributed by atoms with van der Waals surface area (Å²) in [7, 11) is 1.41. The fourth-order valence-corrected chi connectivity index (χ4v) is 3.81. The number of pyridine rings is 1. The first-order valence-electron chi connectivity index (χ1n) is 10.8. The summed E-state index contributed by atoms with van der Waals surface area (Å²) >= 11 is 0. The van der Waals surface area contributed by atoms with E-state index in [0.29, 0.717) is 38.3 Å². The Hall–Kier alpha value is -3.50. The van der Waals surface area contributed by atoms with Gasteiger partial charge in [-0.05, 0) is 33.3 Å². The monoisotopic (exact) mass is 459 g/mol. The molecular formula is C22H29N5O6. The number of nitrogens with one attached hydrogen (secondary N) is 1. The molecule has 1 aromatic rings. The summed E-state index contributed by atoms with van der Waals surface area (Å²) in [6.45, 7) is 7.25. The van der Waals surface area contributed by atoms with Gasteiger partial charge in [-0.1, -0.05) is 0 Å². The van der Waals surface area contributed by atoms with E-state index in [0.717, 1.165) is 4.90 Å². The van der Waals surface area contributed by atoms with Crippen molar-refractivity contribution < 1.29 is 28.7 Å². The highest BCUT2D eigenvalue weighted by atomic mass is 16.6. The van der Waals surface area contributed by atoms with E-state index in [4.69, 9.17) is 4.74 Å². The molecule has 0 aromatic carbocycles. The fourth-order valence-electron chi connectivity index (χ4n) is 3.81. The average Bonchev–Trinajstić information content (AvgIpc) is 3.02. The van der Waals surface area contributed by atoms with Gasteiger partial charge in [0.1, 0.15) is 23.7 Å². The Bertz CT molecular complexity index is 965. The first-order chi connectivity index (χ1) is 15.6. The average molecular weight is 460 g/mol. The molecule has 1 atom stereocenters. The topological polar surface area (TPSA) is 129 Å². The number of anilines is 1. The molecule has 11 nitrogen and oxygen atoms in total. The lowest BCUT2D eigenvalue weighted by Gasteiger charge is -2.36. The fraction of sp³-hybridized carbons (Fsp3) is 0.545. The number of carbonyl (C=O) groups excluding carboxylic acids is 5. The summed E-state index contributed by atoms with van der Waals surface area (Å²) in [5.74, 6) is -1.21. The Morgan fingerprint density at radius 1 is 1.15 bits per heavy atom. The van der Waals surface area contributed by atoms with Crippen LogP contribution in [-0.4, -0.2) is 89.8 Å². The molecule has 1 saturated heterocycles. The van der Waals surface area contributed by atoms with Gasteiger partial charge in [0.25, 0.3) is 11.8 Å². The zero-order valence-corrected chi connectivity index (χ0v) is 19.3. The van der Waals surface area contributed by atoms with E-state index in [1.54, 1.807) is 11.0 Å². The molecule has 2 aliphatic rings. The Kier molecular flexibility index (Phi) is 6.99. The van der Waals surface area contributed by atoms with Crippen molar-refractivity contribution in [3.05, 3.63) is 23.4 Å². The number of hydrogen-bond donors (Lipinski definition) is 1. The normalized spacial score (nSPS) is 17.0. The van der Waals surface area contributed by atoms with Crippen molar-refractivity contribution in [2.24, 2.45) is 0 Å². The third kappa shape index (κ3) is 5.12. The van der Waals surface area contributed by atoms with Crippen LogP contribution in [0.15, 0.2) is 12.3 Å². The molecule has 33 heavy (non-hydrogen) atoms. The molecule has 1 unspecified atom stereocenters. The van der Waals surface area contributed by atoms with Gasteiger partial charge in [0, 0.05) is 45.8 Å². The van der Waals surface area contributed by atoms with Crippen LogP contribution in [0.5, 0.6) is 0 Å². The number of hydrogen-bond acceptors (Lipinski definition) is 8. The lowest BCUT2D eigenvalue weighted by molar-refractivity contribution is -0.124. The molecule has 1 N–H and O–H groups in total. The zero-order valence-electron chi connectivity index (χ0n) is 19.3. The van der Waals surface area contributed by atoms with Gasteiger partial charge in [0.05, 0.1) is 11.1 Å². The van der Waals surface area contributed by atoms with Crippen LogP contribution in [0.25, 0.3) is 0 Å². The largest absolute Gasteiger partial charge is 0.444 e. The van der Waals surface area contributed by atoms with Crippen LogP contribution in [-0.2, 0) is 14.3 Å². The van der Waals surface area contributed by atoms with Crippen molar-refractivity contribution in [2.75, 3.05) is 38.1 Å². The van der Waals surface area contributed by atoms with Gasteiger partial charge >= 0.3 is 6.09 Å². The van der Waals surface area contributed by atoms with Crippen molar-refractivity contribution in [3.63, 3.8) is 0 Å². The van der Waals surface area contributed by atoms with E-state index >= 15 is 0 Å².